The van der Waals surface area contributed by atoms with Crippen LogP contribution in [0, 0.1) is 5.92 Å². The van der Waals surface area contributed by atoms with Crippen molar-refractivity contribution in [1.82, 2.24) is 53.2 Å². The Bertz CT molecular complexity index is 2160. The number of nitrogens with two attached hydrogens (primary N) is 3. The minimum atomic E-state index is -1.80. The molecule has 80 heavy (non-hydrogen) atoms. The Balaban J connectivity index is 6.25. The Labute approximate surface area is 465 Å². The quantitative estimate of drug-likeness (QED) is 0.0253. The van der Waals surface area contributed by atoms with Crippen molar-refractivity contribution in [2.75, 3.05) is 31.8 Å². The number of aliphatic hydroxyl groups excluding tert-OH is 2. The van der Waals surface area contributed by atoms with Crippen molar-refractivity contribution < 1.29 is 92.7 Å². The van der Waals surface area contributed by atoms with E-state index < -0.39 is 195 Å². The highest BCUT2D eigenvalue weighted by Crippen LogP contribution is 2.10. The predicted molar refractivity (Wildman–Crippen MR) is 284 cm³/mol. The Morgan fingerprint density at radius 2 is 0.775 bits per heavy atom. The van der Waals surface area contributed by atoms with Crippen molar-refractivity contribution in [2.45, 2.75) is 172 Å². The van der Waals surface area contributed by atoms with Crippen LogP contribution in [0.3, 0.4) is 0 Å². The number of amides is 11. The molecule has 0 aliphatic rings. The summed E-state index contributed by atoms with van der Waals surface area (Å²) >= 11 is 1.33. The lowest BCUT2D eigenvalue weighted by atomic mass is 10.0. The second-order valence-corrected chi connectivity index (χ2v) is 20.0. The summed E-state index contributed by atoms with van der Waals surface area (Å²) in [5.41, 5.74) is 16.3. The van der Waals surface area contributed by atoms with Crippen LogP contribution in [0.15, 0.2) is 0 Å². The van der Waals surface area contributed by atoms with Crippen molar-refractivity contribution >= 4 is 94.6 Å². The largest absolute Gasteiger partial charge is 0.481 e. The van der Waals surface area contributed by atoms with E-state index in [0.29, 0.717) is 18.6 Å². The van der Waals surface area contributed by atoms with Crippen molar-refractivity contribution in [3.8, 4) is 0 Å². The summed E-state index contributed by atoms with van der Waals surface area (Å²) in [6.07, 6.45) is -0.759. The third-order valence-electron chi connectivity index (χ3n) is 11.6. The van der Waals surface area contributed by atoms with E-state index >= 15 is 0 Å². The number of carboxylic acids is 3. The number of carbonyl (C=O) groups is 14. The first-order valence-corrected chi connectivity index (χ1v) is 27.0. The Hall–Kier alpha value is -7.23. The van der Waals surface area contributed by atoms with Crippen LogP contribution in [0.25, 0.3) is 0 Å². The van der Waals surface area contributed by atoms with Gasteiger partial charge in [-0.1, -0.05) is 13.8 Å². The first-order valence-electron chi connectivity index (χ1n) is 25.6. The summed E-state index contributed by atoms with van der Waals surface area (Å²) in [7, 11) is 0. The molecule has 0 heterocycles. The van der Waals surface area contributed by atoms with Crippen LogP contribution in [0.1, 0.15) is 105 Å². The van der Waals surface area contributed by atoms with Crippen molar-refractivity contribution in [1.29, 1.82) is 0 Å². The van der Waals surface area contributed by atoms with Gasteiger partial charge in [0, 0.05) is 19.3 Å². The normalized spacial score (nSPS) is 15.1. The maximum atomic E-state index is 13.8. The molecule has 0 spiro atoms. The maximum absolute atomic E-state index is 13.8. The molecule has 0 unspecified atom stereocenters. The summed E-state index contributed by atoms with van der Waals surface area (Å²) in [6.45, 7) is 5.26. The van der Waals surface area contributed by atoms with Gasteiger partial charge in [0.2, 0.25) is 65.0 Å². The van der Waals surface area contributed by atoms with Crippen molar-refractivity contribution in [3.63, 3.8) is 0 Å². The lowest BCUT2D eigenvalue weighted by Gasteiger charge is -2.27. The van der Waals surface area contributed by atoms with Crippen LogP contribution in [-0.2, 0) is 67.1 Å². The fraction of sp³-hybridized carbons (Fsp3) is 0.702. The van der Waals surface area contributed by atoms with Gasteiger partial charge in [-0.25, -0.2) is 4.79 Å². The summed E-state index contributed by atoms with van der Waals surface area (Å²) in [5.74, 6) is -15.2. The zero-order valence-corrected chi connectivity index (χ0v) is 46.4. The van der Waals surface area contributed by atoms with Crippen LogP contribution in [0.4, 0.5) is 0 Å². The van der Waals surface area contributed by atoms with E-state index in [1.54, 1.807) is 20.1 Å². The molecule has 0 aliphatic carbocycles. The number of hydrogen-bond acceptors (Lipinski definition) is 19. The highest BCUT2D eigenvalue weighted by Gasteiger charge is 2.35. The molecule has 0 aromatic heterocycles. The standard InChI is InChI=1S/C47H81N13O19S/c1-22(2)19-32(59-46(77)33(21-62)60-39(70)25(5)53-41(72)27(10-13-34(50)63)56-44(75)30(16-18-80-6)55-40(71)26(49)20-61)45(76)57-29(12-15-36(66)67)43(74)51-23(3)37(68)54-28(11-14-35(64)65)42(73)52-24(4)38(69)58-31(47(78)79)9-7-8-17-48/h22-33,61-62H,7-21,48-49H2,1-6H3,(H2,50,63)(H,51,74)(H,52,73)(H,53,72)(H,54,68)(H,55,71)(H,56,75)(H,57,76)(H,58,69)(H,59,77)(H,60,70)(H,64,65)(H,66,67)(H,78,79)/t23-,24-,25-,26-,27-,28-,29-,30-,31-,32-,33-/m0/s1. The SMILES string of the molecule is CSCC[C@H](NC(=O)[C@@H](N)CO)C(=O)N[C@@H](CCC(N)=O)C(=O)N[C@@H](C)C(=O)N[C@@H](CO)C(=O)N[C@@H](CC(C)C)C(=O)N[C@@H](CCC(=O)O)C(=O)N[C@@H](C)C(=O)N[C@@H](CCC(=O)O)C(=O)N[C@@H](C)C(=O)N[C@@H](CCCCN)C(=O)O. The molecular weight excluding hydrogens is 1080 g/mol. The second kappa shape index (κ2) is 38.4. The van der Waals surface area contributed by atoms with Gasteiger partial charge in [0.05, 0.1) is 13.2 Å². The zero-order chi connectivity index (χ0) is 61.4. The summed E-state index contributed by atoms with van der Waals surface area (Å²) < 4.78 is 0. The first kappa shape index (κ1) is 72.8. The number of unbranched alkanes of at least 4 members (excludes halogenated alkanes) is 1. The fourth-order valence-electron chi connectivity index (χ4n) is 6.99. The molecular formula is C47H81N13O19S. The van der Waals surface area contributed by atoms with E-state index in [1.165, 1.54) is 25.6 Å². The Kier molecular flexibility index (Phi) is 34.9. The van der Waals surface area contributed by atoms with Crippen LogP contribution in [0.5, 0.6) is 0 Å². The van der Waals surface area contributed by atoms with Gasteiger partial charge < -0.3 is 95.9 Å². The minimum Gasteiger partial charge on any atom is -0.481 e. The number of rotatable bonds is 41. The molecule has 21 N–H and O–H groups in total. The molecule has 0 saturated carbocycles. The molecule has 0 bridgehead atoms. The molecule has 0 aliphatic heterocycles. The van der Waals surface area contributed by atoms with Gasteiger partial charge in [0.25, 0.3) is 0 Å². The molecule has 0 radical (unpaired) electrons. The molecule has 0 aromatic carbocycles. The van der Waals surface area contributed by atoms with Crippen LogP contribution >= 0.6 is 11.8 Å². The summed E-state index contributed by atoms with van der Waals surface area (Å²) in [4.78, 5) is 180. The van der Waals surface area contributed by atoms with E-state index in [0.717, 1.165) is 6.92 Å². The van der Waals surface area contributed by atoms with Crippen LogP contribution in [0.2, 0.25) is 0 Å². The van der Waals surface area contributed by atoms with Gasteiger partial charge in [-0.3, -0.25) is 62.3 Å². The second-order valence-electron chi connectivity index (χ2n) is 19.0. The fourth-order valence-corrected chi connectivity index (χ4v) is 7.46. The Morgan fingerprint density at radius 3 is 1.15 bits per heavy atom. The molecule has 11 amide bonds. The lowest BCUT2D eigenvalue weighted by molar-refractivity contribution is -0.142. The first-order chi connectivity index (χ1) is 37.4. The van der Waals surface area contributed by atoms with Gasteiger partial charge in [0.15, 0.2) is 0 Å². The van der Waals surface area contributed by atoms with Gasteiger partial charge in [-0.2, -0.15) is 11.8 Å². The van der Waals surface area contributed by atoms with E-state index in [2.05, 4.69) is 53.2 Å². The molecule has 0 fully saturated rings. The number of thioether (sulfide) groups is 1. The average molecular weight is 1160 g/mol. The number of primary amides is 1. The summed E-state index contributed by atoms with van der Waals surface area (Å²) in [6, 6.07) is -16.6. The number of aliphatic hydroxyl groups is 2. The molecule has 32 nitrogen and oxygen atoms in total. The monoisotopic (exact) mass is 1160 g/mol. The van der Waals surface area contributed by atoms with Crippen LogP contribution < -0.4 is 70.4 Å². The van der Waals surface area contributed by atoms with E-state index in [-0.39, 0.29) is 38.1 Å². The van der Waals surface area contributed by atoms with E-state index in [1.807, 2.05) is 0 Å². The van der Waals surface area contributed by atoms with E-state index in [4.69, 9.17) is 17.2 Å². The highest BCUT2D eigenvalue weighted by atomic mass is 32.2. The van der Waals surface area contributed by atoms with Gasteiger partial charge in [-0.15, -0.1) is 0 Å². The van der Waals surface area contributed by atoms with E-state index in [9.17, 15) is 92.7 Å². The predicted octanol–water partition coefficient (Wildman–Crippen LogP) is -6.79. The molecule has 0 saturated heterocycles. The number of carboxylic acid groups (broad SMARTS) is 3. The lowest BCUT2D eigenvalue weighted by Crippen LogP contribution is -2.60. The Morgan fingerprint density at radius 1 is 0.425 bits per heavy atom. The number of nitrogens with one attached hydrogen (secondary N) is 10. The topological polar surface area (TPSA) is 538 Å². The van der Waals surface area contributed by atoms with Gasteiger partial charge in [0.1, 0.15) is 66.5 Å². The number of hydrogen-bond donors (Lipinski definition) is 18. The van der Waals surface area contributed by atoms with Crippen LogP contribution in [-0.4, -0.2) is 207 Å². The van der Waals surface area contributed by atoms with Crippen molar-refractivity contribution in [2.24, 2.45) is 23.1 Å². The average Bonchev–Trinajstić information content (AvgIpc) is 3.38. The van der Waals surface area contributed by atoms with Crippen molar-refractivity contribution in [3.05, 3.63) is 0 Å². The molecule has 11 atom stereocenters. The third kappa shape index (κ3) is 29.1. The maximum Gasteiger partial charge on any atom is 0.326 e. The number of carbonyl (C=O) groups excluding carboxylic acids is 11. The molecule has 0 rings (SSSR count). The summed E-state index contributed by atoms with van der Waals surface area (Å²) in [5, 5.41) is 70.9. The number of aliphatic carboxylic acids is 3. The zero-order valence-electron chi connectivity index (χ0n) is 45.6. The molecule has 33 heteroatoms. The van der Waals surface area contributed by atoms with Gasteiger partial charge >= 0.3 is 17.9 Å². The smallest absolute Gasteiger partial charge is 0.326 e. The van der Waals surface area contributed by atoms with Gasteiger partial charge in [-0.05, 0) is 96.6 Å². The minimum absolute atomic E-state index is 0.0302. The molecule has 454 valence electrons. The third-order valence-corrected chi connectivity index (χ3v) is 12.3. The highest BCUT2D eigenvalue weighted by molar-refractivity contribution is 7.98. The molecule has 0 aromatic rings.